The van der Waals surface area contributed by atoms with E-state index in [1.807, 2.05) is 6.08 Å². The monoisotopic (exact) mass is 294 g/mol. The SMILES string of the molecule is CS(=O)(=O)Nc1ccc(NC(=O)[C@@H]2CC=CCC2)cc1. The van der Waals surface area contributed by atoms with Crippen LogP contribution in [-0.2, 0) is 14.8 Å². The number of amides is 1. The molecule has 1 aromatic rings. The maximum absolute atomic E-state index is 12.0. The molecular weight excluding hydrogens is 276 g/mol. The quantitative estimate of drug-likeness (QED) is 0.837. The van der Waals surface area contributed by atoms with Gasteiger partial charge in [0, 0.05) is 17.3 Å². The largest absolute Gasteiger partial charge is 0.326 e. The van der Waals surface area contributed by atoms with Crippen LogP contribution in [0, 0.1) is 5.92 Å². The van der Waals surface area contributed by atoms with Crippen LogP contribution in [0.5, 0.6) is 0 Å². The van der Waals surface area contributed by atoms with Gasteiger partial charge in [-0.15, -0.1) is 0 Å². The van der Waals surface area contributed by atoms with E-state index in [9.17, 15) is 13.2 Å². The van der Waals surface area contributed by atoms with Crippen LogP contribution >= 0.6 is 0 Å². The molecule has 1 aromatic carbocycles. The van der Waals surface area contributed by atoms with Crippen LogP contribution in [0.3, 0.4) is 0 Å². The van der Waals surface area contributed by atoms with Crippen LogP contribution in [0.4, 0.5) is 11.4 Å². The molecule has 108 valence electrons. The van der Waals surface area contributed by atoms with E-state index in [0.29, 0.717) is 11.4 Å². The lowest BCUT2D eigenvalue weighted by atomic mass is 9.93. The third kappa shape index (κ3) is 4.38. The lowest BCUT2D eigenvalue weighted by molar-refractivity contribution is -0.120. The van der Waals surface area contributed by atoms with Crippen LogP contribution in [0.1, 0.15) is 19.3 Å². The van der Waals surface area contributed by atoms with Crippen molar-refractivity contribution in [3.05, 3.63) is 36.4 Å². The molecule has 2 N–H and O–H groups in total. The van der Waals surface area contributed by atoms with Gasteiger partial charge in [0.2, 0.25) is 15.9 Å². The minimum Gasteiger partial charge on any atom is -0.326 e. The number of nitrogens with one attached hydrogen (secondary N) is 2. The number of hydrogen-bond donors (Lipinski definition) is 2. The molecule has 0 saturated heterocycles. The van der Waals surface area contributed by atoms with E-state index in [-0.39, 0.29) is 11.8 Å². The molecule has 1 atom stereocenters. The molecule has 0 bridgehead atoms. The minimum absolute atomic E-state index is 0.0122. The Hall–Kier alpha value is -1.82. The highest BCUT2D eigenvalue weighted by Gasteiger charge is 2.18. The maximum Gasteiger partial charge on any atom is 0.229 e. The lowest BCUT2D eigenvalue weighted by Crippen LogP contribution is -2.23. The molecular formula is C14H18N2O3S. The number of carbonyl (C=O) groups excluding carboxylic acids is 1. The molecule has 0 radical (unpaired) electrons. The van der Waals surface area contributed by atoms with Crippen LogP contribution in [0.2, 0.25) is 0 Å². The Labute approximate surface area is 119 Å². The molecule has 1 aliphatic carbocycles. The zero-order chi connectivity index (χ0) is 14.6. The summed E-state index contributed by atoms with van der Waals surface area (Å²) in [6, 6.07) is 6.61. The Bertz CT molecular complexity index is 606. The zero-order valence-electron chi connectivity index (χ0n) is 11.3. The summed E-state index contributed by atoms with van der Waals surface area (Å²) in [5.41, 5.74) is 1.15. The normalized spacial score (nSPS) is 18.6. The van der Waals surface area contributed by atoms with Gasteiger partial charge in [0.25, 0.3) is 0 Å². The van der Waals surface area contributed by atoms with Crippen molar-refractivity contribution in [1.82, 2.24) is 0 Å². The summed E-state index contributed by atoms with van der Waals surface area (Å²) in [5.74, 6) is 0.0343. The van der Waals surface area contributed by atoms with Crippen molar-refractivity contribution in [1.29, 1.82) is 0 Å². The summed E-state index contributed by atoms with van der Waals surface area (Å²) >= 11 is 0. The summed E-state index contributed by atoms with van der Waals surface area (Å²) in [6.07, 6.45) is 7.81. The fraction of sp³-hybridized carbons (Fsp3) is 0.357. The Kier molecular flexibility index (Phi) is 4.44. The Morgan fingerprint density at radius 1 is 1.15 bits per heavy atom. The fourth-order valence-corrected chi connectivity index (χ4v) is 2.68. The first-order valence-electron chi connectivity index (χ1n) is 6.48. The summed E-state index contributed by atoms with van der Waals surface area (Å²) in [4.78, 5) is 12.0. The van der Waals surface area contributed by atoms with Gasteiger partial charge in [0.1, 0.15) is 0 Å². The molecule has 1 aliphatic rings. The van der Waals surface area contributed by atoms with Crippen LogP contribution in [0.25, 0.3) is 0 Å². The van der Waals surface area contributed by atoms with Crippen molar-refractivity contribution >= 4 is 27.3 Å². The summed E-state index contributed by atoms with van der Waals surface area (Å²) in [7, 11) is -3.28. The summed E-state index contributed by atoms with van der Waals surface area (Å²) in [6.45, 7) is 0. The van der Waals surface area contributed by atoms with E-state index in [4.69, 9.17) is 0 Å². The van der Waals surface area contributed by atoms with Gasteiger partial charge in [-0.2, -0.15) is 0 Å². The van der Waals surface area contributed by atoms with Crippen molar-refractivity contribution < 1.29 is 13.2 Å². The first-order valence-corrected chi connectivity index (χ1v) is 8.37. The molecule has 0 aromatic heterocycles. The highest BCUT2D eigenvalue weighted by Crippen LogP contribution is 2.21. The van der Waals surface area contributed by atoms with Gasteiger partial charge in [0.05, 0.1) is 6.26 Å². The zero-order valence-corrected chi connectivity index (χ0v) is 12.1. The molecule has 6 heteroatoms. The van der Waals surface area contributed by atoms with Gasteiger partial charge in [0.15, 0.2) is 0 Å². The van der Waals surface area contributed by atoms with E-state index in [1.54, 1.807) is 24.3 Å². The Morgan fingerprint density at radius 3 is 2.35 bits per heavy atom. The number of benzene rings is 1. The van der Waals surface area contributed by atoms with E-state index in [0.717, 1.165) is 25.5 Å². The fourth-order valence-electron chi connectivity index (χ4n) is 2.11. The van der Waals surface area contributed by atoms with Crippen molar-refractivity contribution in [2.24, 2.45) is 5.92 Å². The van der Waals surface area contributed by atoms with Gasteiger partial charge in [-0.25, -0.2) is 8.42 Å². The first kappa shape index (κ1) is 14.6. The molecule has 2 rings (SSSR count). The number of carbonyl (C=O) groups is 1. The molecule has 1 amide bonds. The molecule has 0 heterocycles. The smallest absolute Gasteiger partial charge is 0.229 e. The molecule has 20 heavy (non-hydrogen) atoms. The Balaban J connectivity index is 1.96. The maximum atomic E-state index is 12.0. The Morgan fingerprint density at radius 2 is 1.80 bits per heavy atom. The van der Waals surface area contributed by atoms with Crippen LogP contribution in [-0.4, -0.2) is 20.6 Å². The second-order valence-electron chi connectivity index (χ2n) is 4.92. The van der Waals surface area contributed by atoms with Crippen molar-refractivity contribution in [3.8, 4) is 0 Å². The van der Waals surface area contributed by atoms with E-state index < -0.39 is 10.0 Å². The molecule has 0 saturated carbocycles. The highest BCUT2D eigenvalue weighted by atomic mass is 32.2. The third-order valence-electron chi connectivity index (χ3n) is 3.10. The van der Waals surface area contributed by atoms with Crippen molar-refractivity contribution in [3.63, 3.8) is 0 Å². The molecule has 0 fully saturated rings. The predicted molar refractivity (Wildman–Crippen MR) is 80.0 cm³/mol. The molecule has 0 aliphatic heterocycles. The second kappa shape index (κ2) is 6.09. The number of allylic oxidation sites excluding steroid dienone is 2. The van der Waals surface area contributed by atoms with E-state index >= 15 is 0 Å². The van der Waals surface area contributed by atoms with E-state index in [1.165, 1.54) is 0 Å². The number of rotatable bonds is 4. The lowest BCUT2D eigenvalue weighted by Gasteiger charge is -2.17. The van der Waals surface area contributed by atoms with Gasteiger partial charge < -0.3 is 5.32 Å². The van der Waals surface area contributed by atoms with Crippen molar-refractivity contribution in [2.75, 3.05) is 16.3 Å². The van der Waals surface area contributed by atoms with Crippen molar-refractivity contribution in [2.45, 2.75) is 19.3 Å². The summed E-state index contributed by atoms with van der Waals surface area (Å²) in [5, 5.41) is 2.85. The standard InChI is InChI=1S/C14H18N2O3S/c1-20(18,19)16-13-9-7-12(8-10-13)15-14(17)11-5-3-2-4-6-11/h2-3,7-11,16H,4-6H2,1H3,(H,15,17)/t11-/m1/s1. The minimum atomic E-state index is -3.28. The van der Waals surface area contributed by atoms with Gasteiger partial charge in [-0.1, -0.05) is 12.2 Å². The molecule has 0 spiro atoms. The second-order valence-corrected chi connectivity index (χ2v) is 6.67. The third-order valence-corrected chi connectivity index (χ3v) is 3.70. The van der Waals surface area contributed by atoms with Gasteiger partial charge >= 0.3 is 0 Å². The molecule has 0 unspecified atom stereocenters. The van der Waals surface area contributed by atoms with Gasteiger partial charge in [-0.05, 0) is 43.5 Å². The highest BCUT2D eigenvalue weighted by molar-refractivity contribution is 7.92. The number of sulfonamides is 1. The van der Waals surface area contributed by atoms with Crippen LogP contribution < -0.4 is 10.0 Å². The average Bonchev–Trinajstić information content (AvgIpc) is 2.40. The first-order chi connectivity index (χ1) is 9.44. The predicted octanol–water partition coefficient (Wildman–Crippen LogP) is 2.35. The average molecular weight is 294 g/mol. The van der Waals surface area contributed by atoms with Crippen LogP contribution in [0.15, 0.2) is 36.4 Å². The summed E-state index contributed by atoms with van der Waals surface area (Å²) < 4.78 is 24.5. The molecule has 5 nitrogen and oxygen atoms in total. The topological polar surface area (TPSA) is 75.3 Å². The number of anilines is 2. The number of hydrogen-bond acceptors (Lipinski definition) is 3. The van der Waals surface area contributed by atoms with E-state index in [2.05, 4.69) is 16.1 Å². The van der Waals surface area contributed by atoms with Gasteiger partial charge in [-0.3, -0.25) is 9.52 Å².